The topological polar surface area (TPSA) is 67.6 Å². The highest BCUT2D eigenvalue weighted by Gasteiger charge is 2.25. The van der Waals surface area contributed by atoms with Gasteiger partial charge in [0.1, 0.15) is 0 Å². The van der Waals surface area contributed by atoms with E-state index in [2.05, 4.69) is 27.7 Å². The smallest absolute Gasteiger partial charge is 0.237 e. The third kappa shape index (κ3) is 4.51. The lowest BCUT2D eigenvalue weighted by atomic mass is 10.0. The van der Waals surface area contributed by atoms with Crippen LogP contribution >= 0.6 is 11.3 Å². The zero-order chi connectivity index (χ0) is 15.2. The summed E-state index contributed by atoms with van der Waals surface area (Å²) in [6, 6.07) is 3.94. The Kier molecular flexibility index (Phi) is 6.17. The standard InChI is InChI=1S/C15H25N3O2S/c1-11(2)14(16)15(19)17-10-12(13-4-3-9-21-13)18-5-7-20-8-6-18/h3-4,9,11-12,14H,5-8,10,16H2,1-2H3,(H,17,19)/t12?,14-/m0/s1. The van der Waals surface area contributed by atoms with E-state index in [4.69, 9.17) is 10.5 Å². The van der Waals surface area contributed by atoms with Gasteiger partial charge in [0.15, 0.2) is 0 Å². The Morgan fingerprint density at radius 1 is 1.48 bits per heavy atom. The van der Waals surface area contributed by atoms with E-state index >= 15 is 0 Å². The van der Waals surface area contributed by atoms with Crippen LogP contribution in [0.5, 0.6) is 0 Å². The summed E-state index contributed by atoms with van der Waals surface area (Å²) in [4.78, 5) is 15.7. The fourth-order valence-corrected chi connectivity index (χ4v) is 3.26. The second-order valence-electron chi connectivity index (χ2n) is 5.69. The number of rotatable bonds is 6. The van der Waals surface area contributed by atoms with E-state index in [0.717, 1.165) is 26.3 Å². The first-order valence-electron chi connectivity index (χ1n) is 7.48. The molecule has 1 saturated heterocycles. The molecule has 1 amide bonds. The average molecular weight is 311 g/mol. The number of carbonyl (C=O) groups is 1. The van der Waals surface area contributed by atoms with Gasteiger partial charge in [-0.2, -0.15) is 0 Å². The number of nitrogens with two attached hydrogens (primary N) is 1. The molecule has 1 aliphatic heterocycles. The molecule has 0 aliphatic carbocycles. The van der Waals surface area contributed by atoms with Crippen molar-refractivity contribution in [3.63, 3.8) is 0 Å². The number of amides is 1. The molecule has 2 heterocycles. The van der Waals surface area contributed by atoms with Crippen LogP contribution in [0.3, 0.4) is 0 Å². The molecule has 5 nitrogen and oxygen atoms in total. The minimum absolute atomic E-state index is 0.0696. The molecule has 0 spiro atoms. The highest BCUT2D eigenvalue weighted by molar-refractivity contribution is 7.10. The number of nitrogens with one attached hydrogen (secondary N) is 1. The van der Waals surface area contributed by atoms with Gasteiger partial charge in [0.25, 0.3) is 0 Å². The van der Waals surface area contributed by atoms with Gasteiger partial charge in [0, 0.05) is 24.5 Å². The monoisotopic (exact) mass is 311 g/mol. The van der Waals surface area contributed by atoms with Crippen molar-refractivity contribution >= 4 is 17.2 Å². The lowest BCUT2D eigenvalue weighted by Gasteiger charge is -2.34. The van der Waals surface area contributed by atoms with E-state index in [0.29, 0.717) is 6.54 Å². The van der Waals surface area contributed by atoms with Crippen molar-refractivity contribution in [1.29, 1.82) is 0 Å². The maximum atomic E-state index is 12.1. The Balaban J connectivity index is 1.98. The van der Waals surface area contributed by atoms with E-state index < -0.39 is 6.04 Å². The van der Waals surface area contributed by atoms with Gasteiger partial charge < -0.3 is 15.8 Å². The second kappa shape index (κ2) is 7.89. The summed E-state index contributed by atoms with van der Waals surface area (Å²) in [7, 11) is 0. The molecule has 1 aromatic heterocycles. The highest BCUT2D eigenvalue weighted by Crippen LogP contribution is 2.25. The second-order valence-corrected chi connectivity index (χ2v) is 6.67. The van der Waals surface area contributed by atoms with Crippen molar-refractivity contribution in [3.8, 4) is 0 Å². The first-order valence-corrected chi connectivity index (χ1v) is 8.36. The van der Waals surface area contributed by atoms with Gasteiger partial charge in [-0.25, -0.2) is 0 Å². The lowest BCUT2D eigenvalue weighted by Crippen LogP contribution is -2.48. The average Bonchev–Trinajstić information content (AvgIpc) is 3.01. The molecule has 1 unspecified atom stereocenters. The summed E-state index contributed by atoms with van der Waals surface area (Å²) in [5, 5.41) is 5.08. The van der Waals surface area contributed by atoms with Gasteiger partial charge in [0.2, 0.25) is 5.91 Å². The largest absolute Gasteiger partial charge is 0.379 e. The van der Waals surface area contributed by atoms with Crippen LogP contribution in [0.25, 0.3) is 0 Å². The van der Waals surface area contributed by atoms with Crippen molar-refractivity contribution in [2.45, 2.75) is 25.9 Å². The molecule has 1 aromatic rings. The minimum Gasteiger partial charge on any atom is -0.379 e. The van der Waals surface area contributed by atoms with Crippen molar-refractivity contribution in [2.75, 3.05) is 32.8 Å². The van der Waals surface area contributed by atoms with Crippen LogP contribution in [0.1, 0.15) is 24.8 Å². The van der Waals surface area contributed by atoms with E-state index in [1.165, 1.54) is 4.88 Å². The first kappa shape index (κ1) is 16.4. The third-order valence-electron chi connectivity index (χ3n) is 3.85. The van der Waals surface area contributed by atoms with Crippen molar-refractivity contribution in [2.24, 2.45) is 11.7 Å². The van der Waals surface area contributed by atoms with Gasteiger partial charge >= 0.3 is 0 Å². The van der Waals surface area contributed by atoms with E-state index in [9.17, 15) is 4.79 Å². The molecule has 1 fully saturated rings. The Morgan fingerprint density at radius 2 is 2.19 bits per heavy atom. The zero-order valence-corrected chi connectivity index (χ0v) is 13.6. The van der Waals surface area contributed by atoms with Crippen LogP contribution in [0.2, 0.25) is 0 Å². The van der Waals surface area contributed by atoms with Crippen molar-refractivity contribution < 1.29 is 9.53 Å². The first-order chi connectivity index (χ1) is 10.1. The Morgan fingerprint density at radius 3 is 2.76 bits per heavy atom. The van der Waals surface area contributed by atoms with Crippen LogP contribution in [-0.4, -0.2) is 49.7 Å². The Hall–Kier alpha value is -0.950. The summed E-state index contributed by atoms with van der Waals surface area (Å²) < 4.78 is 5.42. The normalized spacial score (nSPS) is 19.4. The molecular weight excluding hydrogens is 286 g/mol. The lowest BCUT2D eigenvalue weighted by molar-refractivity contribution is -0.123. The molecule has 0 radical (unpaired) electrons. The maximum absolute atomic E-state index is 12.1. The van der Waals surface area contributed by atoms with Crippen molar-refractivity contribution in [3.05, 3.63) is 22.4 Å². The molecule has 3 N–H and O–H groups in total. The van der Waals surface area contributed by atoms with Gasteiger partial charge in [-0.05, 0) is 17.4 Å². The van der Waals surface area contributed by atoms with Gasteiger partial charge in [0.05, 0.1) is 25.3 Å². The van der Waals surface area contributed by atoms with Crippen LogP contribution in [0, 0.1) is 5.92 Å². The number of hydrogen-bond donors (Lipinski definition) is 2. The van der Waals surface area contributed by atoms with Crippen molar-refractivity contribution in [1.82, 2.24) is 10.2 Å². The fraction of sp³-hybridized carbons (Fsp3) is 0.667. The maximum Gasteiger partial charge on any atom is 0.237 e. The van der Waals surface area contributed by atoms with Crippen LogP contribution in [0.4, 0.5) is 0 Å². The van der Waals surface area contributed by atoms with Crippen LogP contribution in [0.15, 0.2) is 17.5 Å². The van der Waals surface area contributed by atoms with E-state index in [-0.39, 0.29) is 17.9 Å². The molecule has 2 atom stereocenters. The summed E-state index contributed by atoms with van der Waals surface area (Å²) in [5.74, 6) is 0.0772. The van der Waals surface area contributed by atoms with E-state index in [1.54, 1.807) is 11.3 Å². The van der Waals surface area contributed by atoms with Gasteiger partial charge in [-0.1, -0.05) is 19.9 Å². The number of thiophene rings is 1. The van der Waals surface area contributed by atoms with Gasteiger partial charge in [-0.15, -0.1) is 11.3 Å². The summed E-state index contributed by atoms with van der Waals surface area (Å²) >= 11 is 1.73. The van der Waals surface area contributed by atoms with Crippen LogP contribution < -0.4 is 11.1 Å². The molecule has 6 heteroatoms. The fourth-order valence-electron chi connectivity index (χ4n) is 2.40. The highest BCUT2D eigenvalue weighted by atomic mass is 32.1. The Labute approximate surface area is 130 Å². The minimum atomic E-state index is -0.446. The molecular formula is C15H25N3O2S. The SMILES string of the molecule is CC(C)[C@H](N)C(=O)NCC(c1cccs1)N1CCOCC1. The molecule has 2 rings (SSSR count). The summed E-state index contributed by atoms with van der Waals surface area (Å²) in [6.07, 6.45) is 0. The van der Waals surface area contributed by atoms with E-state index in [1.807, 2.05) is 13.8 Å². The molecule has 0 saturated carbocycles. The number of hydrogen-bond acceptors (Lipinski definition) is 5. The molecule has 118 valence electrons. The molecule has 21 heavy (non-hydrogen) atoms. The number of morpholine rings is 1. The van der Waals surface area contributed by atoms with Gasteiger partial charge in [-0.3, -0.25) is 9.69 Å². The predicted octanol–water partition coefficient (Wildman–Crippen LogP) is 1.22. The van der Waals surface area contributed by atoms with Crippen LogP contribution in [-0.2, 0) is 9.53 Å². The number of carbonyl (C=O) groups excluding carboxylic acids is 1. The molecule has 1 aliphatic rings. The zero-order valence-electron chi connectivity index (χ0n) is 12.7. The number of nitrogens with zero attached hydrogens (tertiary/aromatic N) is 1. The molecule has 0 aromatic carbocycles. The third-order valence-corrected chi connectivity index (χ3v) is 4.82. The predicted molar refractivity (Wildman–Crippen MR) is 85.3 cm³/mol. The summed E-state index contributed by atoms with van der Waals surface area (Å²) in [6.45, 7) is 7.82. The quantitative estimate of drug-likeness (QED) is 0.829. The molecule has 0 bridgehead atoms. The Bertz CT molecular complexity index is 430. The number of ether oxygens (including phenoxy) is 1. The summed E-state index contributed by atoms with van der Waals surface area (Å²) in [5.41, 5.74) is 5.90.